The normalized spacial score (nSPS) is 10.9. The highest BCUT2D eigenvalue weighted by Crippen LogP contribution is 2.14. The Morgan fingerprint density at radius 1 is 1.16 bits per heavy atom. The zero-order valence-electron chi connectivity index (χ0n) is 16.7. The lowest BCUT2D eigenvalue weighted by Gasteiger charge is -2.08. The third-order valence-corrected chi connectivity index (χ3v) is 4.68. The summed E-state index contributed by atoms with van der Waals surface area (Å²) in [5, 5.41) is 10.7. The summed E-state index contributed by atoms with van der Waals surface area (Å²) >= 11 is 0. The predicted octanol–water partition coefficient (Wildman–Crippen LogP) is 1.50. The van der Waals surface area contributed by atoms with Gasteiger partial charge in [0.25, 0.3) is 5.56 Å². The van der Waals surface area contributed by atoms with E-state index >= 15 is 0 Å². The summed E-state index contributed by atoms with van der Waals surface area (Å²) in [6.45, 7) is 0.369. The first-order chi connectivity index (χ1) is 15.0. The Hall–Kier alpha value is -4.08. The molecule has 0 atom stereocenters. The van der Waals surface area contributed by atoms with E-state index in [4.69, 9.17) is 4.74 Å². The number of carbonyl (C=O) groups is 1. The maximum atomic E-state index is 13.0. The minimum absolute atomic E-state index is 0.0803. The molecule has 1 amide bonds. The Labute approximate surface area is 176 Å². The van der Waals surface area contributed by atoms with Gasteiger partial charge in [-0.3, -0.25) is 14.2 Å². The van der Waals surface area contributed by atoms with Gasteiger partial charge >= 0.3 is 0 Å². The fourth-order valence-electron chi connectivity index (χ4n) is 3.06. The molecule has 2 aromatic heterocycles. The van der Waals surface area contributed by atoms with Crippen LogP contribution in [0.4, 0.5) is 4.39 Å². The quantitative estimate of drug-likeness (QED) is 0.484. The lowest BCUT2D eigenvalue weighted by atomic mass is 10.2. The van der Waals surface area contributed by atoms with Crippen molar-refractivity contribution < 1.29 is 13.9 Å². The van der Waals surface area contributed by atoms with Gasteiger partial charge in [0, 0.05) is 6.54 Å². The van der Waals surface area contributed by atoms with Gasteiger partial charge in [0.05, 0.1) is 13.7 Å². The van der Waals surface area contributed by atoms with Gasteiger partial charge in [-0.05, 0) is 35.4 Å². The first-order valence-corrected chi connectivity index (χ1v) is 9.46. The van der Waals surface area contributed by atoms with Crippen LogP contribution < -0.4 is 15.6 Å². The van der Waals surface area contributed by atoms with Crippen molar-refractivity contribution in [2.24, 2.45) is 0 Å². The molecule has 158 valence electrons. The van der Waals surface area contributed by atoms with Gasteiger partial charge in [-0.25, -0.2) is 14.1 Å². The maximum Gasteiger partial charge on any atom is 0.283 e. The van der Waals surface area contributed by atoms with Crippen LogP contribution >= 0.6 is 0 Å². The van der Waals surface area contributed by atoms with Gasteiger partial charge in [0.2, 0.25) is 5.91 Å². The molecule has 0 fully saturated rings. The Balaban J connectivity index is 1.47. The number of nitrogens with zero attached hydrogens (tertiary/aromatic N) is 5. The number of fused-ring (bicyclic) bond motifs is 1. The summed E-state index contributed by atoms with van der Waals surface area (Å²) in [4.78, 5) is 29.2. The number of ether oxygens (including phenoxy) is 1. The number of methoxy groups -OCH3 is 1. The molecule has 2 heterocycles. The Morgan fingerprint density at radius 2 is 1.97 bits per heavy atom. The third-order valence-electron chi connectivity index (χ3n) is 4.68. The third kappa shape index (κ3) is 4.58. The summed E-state index contributed by atoms with van der Waals surface area (Å²) in [5.74, 6) is -0.0133. The summed E-state index contributed by atoms with van der Waals surface area (Å²) < 4.78 is 20.9. The highest BCUT2D eigenvalue weighted by molar-refractivity contribution is 5.76. The van der Waals surface area contributed by atoms with E-state index in [1.807, 2.05) is 24.3 Å². The lowest BCUT2D eigenvalue weighted by molar-refractivity contribution is -0.121. The maximum absolute atomic E-state index is 13.0. The molecule has 4 aromatic rings. The minimum atomic E-state index is -0.459. The number of benzene rings is 2. The monoisotopic (exact) mass is 422 g/mol. The van der Waals surface area contributed by atoms with Gasteiger partial charge in [-0.2, -0.15) is 0 Å². The van der Waals surface area contributed by atoms with Crippen molar-refractivity contribution >= 4 is 17.1 Å². The molecule has 0 radical (unpaired) electrons. The van der Waals surface area contributed by atoms with Crippen molar-refractivity contribution in [3.05, 3.63) is 82.2 Å². The van der Waals surface area contributed by atoms with Crippen LogP contribution in [0.2, 0.25) is 0 Å². The van der Waals surface area contributed by atoms with Crippen LogP contribution in [0.15, 0.2) is 59.7 Å². The van der Waals surface area contributed by atoms with Gasteiger partial charge in [-0.1, -0.05) is 29.5 Å². The molecule has 9 nitrogen and oxygen atoms in total. The summed E-state index contributed by atoms with van der Waals surface area (Å²) in [7, 11) is 1.59. The fourth-order valence-corrected chi connectivity index (χ4v) is 3.06. The zero-order chi connectivity index (χ0) is 21.8. The molecule has 10 heteroatoms. The molecule has 0 saturated carbocycles. The molecular formula is C21H19FN6O3. The summed E-state index contributed by atoms with van der Waals surface area (Å²) in [6.07, 6.45) is 1.30. The number of nitrogens with one attached hydrogen (secondary N) is 1. The molecule has 2 aromatic carbocycles. The number of halogens is 1. The van der Waals surface area contributed by atoms with E-state index in [0.717, 1.165) is 11.1 Å². The molecule has 0 aliphatic rings. The molecule has 1 N–H and O–H groups in total. The molecule has 0 aliphatic heterocycles. The van der Waals surface area contributed by atoms with Gasteiger partial charge in [-0.15, -0.1) is 5.10 Å². The standard InChI is InChI=1S/C21H19FN6O3/c1-31-17-4-2-3-15(9-17)11-28-20-19(25-26-28)21(30)27(13-24-20)12-18(29)23-10-14-5-7-16(22)8-6-14/h2-9,13H,10-12H2,1H3,(H,23,29). The average molecular weight is 422 g/mol. The largest absolute Gasteiger partial charge is 0.497 e. The van der Waals surface area contributed by atoms with E-state index in [-0.39, 0.29) is 30.3 Å². The van der Waals surface area contributed by atoms with Crippen LogP contribution in [0.5, 0.6) is 5.75 Å². The van der Waals surface area contributed by atoms with Crippen LogP contribution in [0, 0.1) is 5.82 Å². The van der Waals surface area contributed by atoms with Gasteiger partial charge in [0.15, 0.2) is 11.2 Å². The van der Waals surface area contributed by atoms with E-state index in [2.05, 4.69) is 20.6 Å². The highest BCUT2D eigenvalue weighted by Gasteiger charge is 2.14. The van der Waals surface area contributed by atoms with Crippen molar-refractivity contribution in [2.45, 2.75) is 19.6 Å². The second-order valence-electron chi connectivity index (χ2n) is 6.85. The summed E-state index contributed by atoms with van der Waals surface area (Å²) in [6, 6.07) is 13.3. The Morgan fingerprint density at radius 3 is 2.74 bits per heavy atom. The molecule has 0 saturated heterocycles. The van der Waals surface area contributed by atoms with Gasteiger partial charge < -0.3 is 10.1 Å². The summed E-state index contributed by atoms with van der Waals surface area (Å²) in [5.41, 5.74) is 1.61. The van der Waals surface area contributed by atoms with Crippen LogP contribution in [-0.4, -0.2) is 37.6 Å². The van der Waals surface area contributed by atoms with Crippen molar-refractivity contribution in [3.63, 3.8) is 0 Å². The number of hydrogen-bond acceptors (Lipinski definition) is 6. The van der Waals surface area contributed by atoms with Crippen molar-refractivity contribution in [1.82, 2.24) is 29.9 Å². The fraction of sp³-hybridized carbons (Fsp3) is 0.190. The second-order valence-corrected chi connectivity index (χ2v) is 6.85. The highest BCUT2D eigenvalue weighted by atomic mass is 19.1. The smallest absolute Gasteiger partial charge is 0.283 e. The molecule has 0 unspecified atom stereocenters. The van der Waals surface area contributed by atoms with E-state index in [1.165, 1.54) is 27.7 Å². The van der Waals surface area contributed by atoms with E-state index in [9.17, 15) is 14.0 Å². The molecule has 0 aliphatic carbocycles. The predicted molar refractivity (Wildman–Crippen MR) is 110 cm³/mol. The Bertz CT molecular complexity index is 1280. The van der Waals surface area contributed by atoms with Crippen molar-refractivity contribution in [3.8, 4) is 5.75 Å². The van der Waals surface area contributed by atoms with Crippen LogP contribution in [-0.2, 0) is 24.4 Å². The van der Waals surface area contributed by atoms with Crippen molar-refractivity contribution in [2.75, 3.05) is 7.11 Å². The molecule has 31 heavy (non-hydrogen) atoms. The average Bonchev–Trinajstić information content (AvgIpc) is 3.19. The minimum Gasteiger partial charge on any atom is -0.497 e. The van der Waals surface area contributed by atoms with Crippen LogP contribution in [0.25, 0.3) is 11.2 Å². The zero-order valence-corrected chi connectivity index (χ0v) is 16.7. The molecule has 0 spiro atoms. The van der Waals surface area contributed by atoms with E-state index in [1.54, 1.807) is 19.2 Å². The lowest BCUT2D eigenvalue weighted by Crippen LogP contribution is -2.32. The topological polar surface area (TPSA) is 104 Å². The van der Waals surface area contributed by atoms with Crippen LogP contribution in [0.1, 0.15) is 11.1 Å². The number of amides is 1. The Kier molecular flexibility index (Phi) is 5.69. The van der Waals surface area contributed by atoms with Gasteiger partial charge in [0.1, 0.15) is 24.4 Å². The van der Waals surface area contributed by atoms with E-state index < -0.39 is 5.56 Å². The SMILES string of the molecule is COc1cccc(Cn2nnc3c(=O)n(CC(=O)NCc4ccc(F)cc4)cnc32)c1. The number of aromatic nitrogens is 5. The molecular weight excluding hydrogens is 403 g/mol. The van der Waals surface area contributed by atoms with Crippen molar-refractivity contribution in [1.29, 1.82) is 0 Å². The second kappa shape index (κ2) is 8.74. The molecule has 0 bridgehead atoms. The first-order valence-electron chi connectivity index (χ1n) is 9.46. The number of rotatable bonds is 7. The van der Waals surface area contributed by atoms with E-state index in [0.29, 0.717) is 17.9 Å². The molecule has 4 rings (SSSR count). The number of hydrogen-bond donors (Lipinski definition) is 1. The first kappa shape index (κ1) is 20.2. The number of carbonyl (C=O) groups excluding carboxylic acids is 1. The van der Waals surface area contributed by atoms with Crippen LogP contribution in [0.3, 0.4) is 0 Å².